The summed E-state index contributed by atoms with van der Waals surface area (Å²) in [4.78, 5) is 29.5. The molecule has 0 bridgehead atoms. The highest BCUT2D eigenvalue weighted by Crippen LogP contribution is 2.27. The van der Waals surface area contributed by atoms with Crippen LogP contribution in [0.2, 0.25) is 0 Å². The molecule has 0 aliphatic carbocycles. The van der Waals surface area contributed by atoms with Crippen molar-refractivity contribution in [2.45, 2.75) is 24.6 Å². The lowest BCUT2D eigenvalue weighted by Gasteiger charge is -2.28. The highest BCUT2D eigenvalue weighted by atomic mass is 35.5. The quantitative estimate of drug-likeness (QED) is 0.763. The molecule has 148 valence electrons. The minimum Gasteiger partial charge on any atom is -0.377 e. The van der Waals surface area contributed by atoms with E-state index in [0.29, 0.717) is 11.3 Å². The van der Waals surface area contributed by atoms with E-state index in [2.05, 4.69) is 5.32 Å². The molecule has 2 amide bonds. The van der Waals surface area contributed by atoms with Crippen LogP contribution in [-0.4, -0.2) is 43.9 Å². The Morgan fingerprint density at radius 2 is 1.71 bits per heavy atom. The topological polar surface area (TPSA) is 52.7 Å². The monoisotopic (exact) mass is 399 g/mol. The van der Waals surface area contributed by atoms with Gasteiger partial charge in [0.1, 0.15) is 5.38 Å². The van der Waals surface area contributed by atoms with Crippen molar-refractivity contribution in [2.24, 2.45) is 0 Å². The van der Waals surface area contributed by atoms with Crippen LogP contribution in [0.15, 0.2) is 48.5 Å². The Morgan fingerprint density at radius 1 is 1.04 bits per heavy atom. The molecule has 0 spiro atoms. The average Bonchev–Trinajstić information content (AvgIpc) is 2.73. The van der Waals surface area contributed by atoms with Crippen molar-refractivity contribution < 1.29 is 9.59 Å². The van der Waals surface area contributed by atoms with Crippen molar-refractivity contribution in [1.82, 2.24) is 4.90 Å². The van der Waals surface area contributed by atoms with E-state index in [9.17, 15) is 9.59 Å². The van der Waals surface area contributed by atoms with Gasteiger partial charge in [0.2, 0.25) is 5.91 Å². The van der Waals surface area contributed by atoms with Gasteiger partial charge in [-0.05, 0) is 43.0 Å². The van der Waals surface area contributed by atoms with Gasteiger partial charge in [-0.25, -0.2) is 0 Å². The molecule has 2 aromatic rings. The van der Waals surface area contributed by atoms with E-state index in [1.54, 1.807) is 12.1 Å². The molecule has 0 aromatic heterocycles. The van der Waals surface area contributed by atoms with Crippen LogP contribution in [-0.2, 0) is 4.79 Å². The smallest absolute Gasteiger partial charge is 0.256 e. The van der Waals surface area contributed by atoms with E-state index in [1.807, 2.05) is 60.3 Å². The lowest BCUT2D eigenvalue weighted by Crippen LogP contribution is -2.36. The number of amides is 2. The highest BCUT2D eigenvalue weighted by molar-refractivity contribution is 6.32. The number of likely N-dealkylation sites (tertiary alicyclic amines) is 1. The van der Waals surface area contributed by atoms with Crippen molar-refractivity contribution in [3.05, 3.63) is 59.7 Å². The molecule has 1 N–H and O–H groups in total. The van der Waals surface area contributed by atoms with E-state index in [0.717, 1.165) is 43.6 Å². The van der Waals surface area contributed by atoms with Gasteiger partial charge in [0.15, 0.2) is 0 Å². The van der Waals surface area contributed by atoms with Gasteiger partial charge in [-0.15, -0.1) is 11.6 Å². The standard InChI is InChI=1S/C22H26ClN3O2/c1-25(2)19-12-11-17(15-18(19)22(28)26-13-7-4-8-14-26)24-21(27)20(23)16-9-5-3-6-10-16/h3,5-6,9-12,15,20H,4,7-8,13-14H2,1-2H3,(H,24,27)/t20-/m0/s1. The van der Waals surface area contributed by atoms with Crippen molar-refractivity contribution in [3.8, 4) is 0 Å². The molecule has 28 heavy (non-hydrogen) atoms. The number of nitrogens with one attached hydrogen (secondary N) is 1. The van der Waals surface area contributed by atoms with E-state index in [-0.39, 0.29) is 11.8 Å². The number of hydrogen-bond donors (Lipinski definition) is 1. The number of carbonyl (C=O) groups excluding carboxylic acids is 2. The van der Waals surface area contributed by atoms with Crippen molar-refractivity contribution in [2.75, 3.05) is 37.4 Å². The molecular weight excluding hydrogens is 374 g/mol. The maximum absolute atomic E-state index is 13.1. The Hall–Kier alpha value is -2.53. The second-order valence-corrected chi connectivity index (χ2v) is 7.68. The number of rotatable bonds is 5. The van der Waals surface area contributed by atoms with E-state index in [1.165, 1.54) is 0 Å². The third-order valence-electron chi connectivity index (χ3n) is 4.94. The third kappa shape index (κ3) is 4.65. The normalized spacial score (nSPS) is 15.0. The van der Waals surface area contributed by atoms with Crippen LogP contribution in [0.4, 0.5) is 11.4 Å². The summed E-state index contributed by atoms with van der Waals surface area (Å²) in [6.07, 6.45) is 3.23. The van der Waals surface area contributed by atoms with Gasteiger partial charge in [0.25, 0.3) is 5.91 Å². The lowest BCUT2D eigenvalue weighted by atomic mass is 10.1. The predicted octanol–water partition coefficient (Wildman–Crippen LogP) is 4.30. The summed E-state index contributed by atoms with van der Waals surface area (Å²) in [6, 6.07) is 14.6. The van der Waals surface area contributed by atoms with E-state index in [4.69, 9.17) is 11.6 Å². The van der Waals surface area contributed by atoms with Gasteiger partial charge in [-0.2, -0.15) is 0 Å². The molecule has 0 unspecified atom stereocenters. The minimum absolute atomic E-state index is 0.00461. The zero-order valence-corrected chi connectivity index (χ0v) is 17.1. The predicted molar refractivity (Wildman–Crippen MR) is 114 cm³/mol. The molecule has 0 radical (unpaired) electrons. The third-order valence-corrected chi connectivity index (χ3v) is 5.39. The van der Waals surface area contributed by atoms with Gasteiger partial charge in [-0.3, -0.25) is 9.59 Å². The van der Waals surface area contributed by atoms with Crippen LogP contribution in [0.1, 0.15) is 40.6 Å². The molecule has 3 rings (SSSR count). The molecule has 1 atom stereocenters. The number of nitrogens with zero attached hydrogens (tertiary/aromatic N) is 2. The molecule has 1 fully saturated rings. The van der Waals surface area contributed by atoms with Gasteiger partial charge in [0, 0.05) is 38.6 Å². The molecule has 2 aromatic carbocycles. The second-order valence-electron chi connectivity index (χ2n) is 7.24. The van der Waals surface area contributed by atoms with Crippen LogP contribution in [0.5, 0.6) is 0 Å². The molecular formula is C22H26ClN3O2. The van der Waals surface area contributed by atoms with Crippen molar-refractivity contribution >= 4 is 34.8 Å². The zero-order chi connectivity index (χ0) is 20.1. The molecule has 1 aliphatic heterocycles. The van der Waals surface area contributed by atoms with Crippen LogP contribution in [0, 0.1) is 0 Å². The number of anilines is 2. The Balaban J connectivity index is 1.82. The fourth-order valence-corrected chi connectivity index (χ4v) is 3.62. The first-order valence-electron chi connectivity index (χ1n) is 9.58. The summed E-state index contributed by atoms with van der Waals surface area (Å²) in [7, 11) is 3.82. The Bertz CT molecular complexity index is 833. The molecule has 0 saturated carbocycles. The largest absolute Gasteiger partial charge is 0.377 e. The Labute approximate surface area is 171 Å². The number of halogens is 1. The molecule has 5 nitrogen and oxygen atoms in total. The first-order valence-corrected chi connectivity index (χ1v) is 10.0. The van der Waals surface area contributed by atoms with Crippen molar-refractivity contribution in [1.29, 1.82) is 0 Å². The van der Waals surface area contributed by atoms with Crippen LogP contribution >= 0.6 is 11.6 Å². The SMILES string of the molecule is CN(C)c1ccc(NC(=O)[C@@H](Cl)c2ccccc2)cc1C(=O)N1CCCCC1. The number of alkyl halides is 1. The van der Waals surface area contributed by atoms with Gasteiger partial charge in [-0.1, -0.05) is 30.3 Å². The Morgan fingerprint density at radius 3 is 2.36 bits per heavy atom. The first-order chi connectivity index (χ1) is 13.5. The van der Waals surface area contributed by atoms with Gasteiger partial charge < -0.3 is 15.1 Å². The number of hydrogen-bond acceptors (Lipinski definition) is 3. The fourth-order valence-electron chi connectivity index (χ4n) is 3.42. The summed E-state index contributed by atoms with van der Waals surface area (Å²) in [5, 5.41) is 2.05. The van der Waals surface area contributed by atoms with Crippen LogP contribution < -0.4 is 10.2 Å². The summed E-state index contributed by atoms with van der Waals surface area (Å²) >= 11 is 6.32. The number of piperidine rings is 1. The summed E-state index contributed by atoms with van der Waals surface area (Å²) < 4.78 is 0. The Kier molecular flexibility index (Phi) is 6.57. The number of carbonyl (C=O) groups is 2. The van der Waals surface area contributed by atoms with E-state index < -0.39 is 5.38 Å². The van der Waals surface area contributed by atoms with Crippen LogP contribution in [0.25, 0.3) is 0 Å². The summed E-state index contributed by atoms with van der Waals surface area (Å²) in [5.74, 6) is -0.313. The van der Waals surface area contributed by atoms with Crippen molar-refractivity contribution in [3.63, 3.8) is 0 Å². The van der Waals surface area contributed by atoms with Crippen LogP contribution in [0.3, 0.4) is 0 Å². The lowest BCUT2D eigenvalue weighted by molar-refractivity contribution is -0.116. The first kappa shape index (κ1) is 20.2. The van der Waals surface area contributed by atoms with Gasteiger partial charge in [0.05, 0.1) is 5.56 Å². The van der Waals surface area contributed by atoms with E-state index >= 15 is 0 Å². The average molecular weight is 400 g/mol. The fraction of sp³-hybridized carbons (Fsp3) is 0.364. The molecule has 1 heterocycles. The summed E-state index contributed by atoms with van der Waals surface area (Å²) in [5.41, 5.74) is 2.73. The highest BCUT2D eigenvalue weighted by Gasteiger charge is 2.23. The molecule has 1 aliphatic rings. The van der Waals surface area contributed by atoms with Gasteiger partial charge >= 0.3 is 0 Å². The number of benzene rings is 2. The molecule has 6 heteroatoms. The minimum atomic E-state index is -0.795. The zero-order valence-electron chi connectivity index (χ0n) is 16.3. The second kappa shape index (κ2) is 9.11. The molecule has 1 saturated heterocycles. The maximum atomic E-state index is 13.1. The maximum Gasteiger partial charge on any atom is 0.256 e. The summed E-state index contributed by atoms with van der Waals surface area (Å²) in [6.45, 7) is 1.56.